The molecule has 2 rings (SSSR count). The Balaban J connectivity index is 2.28. The molecule has 0 saturated carbocycles. The number of nitrogens with two attached hydrogens (primary N) is 2. The van der Waals surface area contributed by atoms with Crippen molar-refractivity contribution in [2.24, 2.45) is 11.5 Å². The third-order valence-electron chi connectivity index (χ3n) is 2.67. The summed E-state index contributed by atoms with van der Waals surface area (Å²) >= 11 is 0. The molecule has 1 aliphatic rings. The molecule has 0 radical (unpaired) electrons. The molecule has 86 valence electrons. The van der Waals surface area contributed by atoms with Crippen LogP contribution in [0, 0.1) is 0 Å². The van der Waals surface area contributed by atoms with Gasteiger partial charge in [-0.15, -0.1) is 0 Å². The molecule has 1 aromatic heterocycles. The number of hydrogen-bond donors (Lipinski definition) is 2. The second-order valence-corrected chi connectivity index (χ2v) is 3.94. The predicted octanol–water partition coefficient (Wildman–Crippen LogP) is -0.497. The van der Waals surface area contributed by atoms with Crippen LogP contribution in [0.3, 0.4) is 0 Å². The summed E-state index contributed by atoms with van der Waals surface area (Å²) in [5.74, 6) is -0.00704. The zero-order chi connectivity index (χ0) is 11.5. The maximum absolute atomic E-state index is 11.2. The average Bonchev–Trinajstić information content (AvgIpc) is 2.29. The Morgan fingerprint density at radius 1 is 1.44 bits per heavy atom. The largest absolute Gasteiger partial charge is 0.364 e. The minimum Gasteiger partial charge on any atom is -0.364 e. The molecule has 6 heteroatoms. The van der Waals surface area contributed by atoms with E-state index in [1.54, 1.807) is 6.20 Å². The van der Waals surface area contributed by atoms with Crippen LogP contribution < -0.4 is 16.4 Å². The van der Waals surface area contributed by atoms with Crippen molar-refractivity contribution in [3.05, 3.63) is 18.1 Å². The lowest BCUT2D eigenvalue weighted by Gasteiger charge is -2.32. The van der Waals surface area contributed by atoms with Crippen molar-refractivity contribution >= 4 is 11.7 Å². The summed E-state index contributed by atoms with van der Waals surface area (Å²) in [4.78, 5) is 21.3. The minimum atomic E-state index is -0.553. The van der Waals surface area contributed by atoms with Gasteiger partial charge in [-0.05, 0) is 12.8 Å². The van der Waals surface area contributed by atoms with Crippen molar-refractivity contribution in [1.82, 2.24) is 9.97 Å². The normalized spacial score (nSPS) is 20.8. The number of amides is 1. The van der Waals surface area contributed by atoms with E-state index in [1.807, 2.05) is 4.90 Å². The predicted molar refractivity (Wildman–Crippen MR) is 60.0 cm³/mol. The number of nitrogens with zero attached hydrogens (tertiary/aromatic N) is 3. The number of anilines is 1. The van der Waals surface area contributed by atoms with E-state index < -0.39 is 5.91 Å². The Bertz CT molecular complexity index is 395. The van der Waals surface area contributed by atoms with E-state index in [2.05, 4.69) is 9.97 Å². The Hall–Kier alpha value is -1.69. The lowest BCUT2D eigenvalue weighted by atomic mass is 10.1. The third-order valence-corrected chi connectivity index (χ3v) is 2.67. The number of carbonyl (C=O) groups is 1. The van der Waals surface area contributed by atoms with Gasteiger partial charge in [0.15, 0.2) is 11.5 Å². The number of carbonyl (C=O) groups excluding carboxylic acids is 1. The quantitative estimate of drug-likeness (QED) is 0.701. The van der Waals surface area contributed by atoms with Gasteiger partial charge in [0.1, 0.15) is 0 Å². The smallest absolute Gasteiger partial charge is 0.271 e. The number of rotatable bonds is 2. The van der Waals surface area contributed by atoms with Gasteiger partial charge in [0.2, 0.25) is 0 Å². The van der Waals surface area contributed by atoms with E-state index in [-0.39, 0.29) is 11.7 Å². The molecule has 0 spiro atoms. The van der Waals surface area contributed by atoms with Gasteiger partial charge in [0.25, 0.3) is 5.91 Å². The lowest BCUT2D eigenvalue weighted by molar-refractivity contribution is 0.0995. The highest BCUT2D eigenvalue weighted by Gasteiger charge is 2.22. The molecule has 2 heterocycles. The molecular formula is C10H15N5O. The topological polar surface area (TPSA) is 98.1 Å². The minimum absolute atomic E-state index is 0.122. The maximum atomic E-state index is 11.2. The molecule has 0 unspecified atom stereocenters. The van der Waals surface area contributed by atoms with Gasteiger partial charge in [-0.2, -0.15) is 0 Å². The van der Waals surface area contributed by atoms with Crippen molar-refractivity contribution in [2.75, 3.05) is 18.0 Å². The molecule has 1 fully saturated rings. The van der Waals surface area contributed by atoms with E-state index in [9.17, 15) is 4.79 Å². The van der Waals surface area contributed by atoms with Crippen molar-refractivity contribution in [2.45, 2.75) is 18.9 Å². The van der Waals surface area contributed by atoms with Crippen LogP contribution in [0.1, 0.15) is 23.3 Å². The highest BCUT2D eigenvalue weighted by molar-refractivity contribution is 5.95. The van der Waals surface area contributed by atoms with Crippen LogP contribution in [0.5, 0.6) is 0 Å². The Labute approximate surface area is 93.7 Å². The van der Waals surface area contributed by atoms with Crippen LogP contribution in [0.4, 0.5) is 5.82 Å². The first-order valence-electron chi connectivity index (χ1n) is 5.30. The molecule has 1 aliphatic heterocycles. The molecule has 1 saturated heterocycles. The van der Waals surface area contributed by atoms with Crippen LogP contribution in [-0.2, 0) is 0 Å². The van der Waals surface area contributed by atoms with Crippen molar-refractivity contribution < 1.29 is 4.79 Å². The highest BCUT2D eigenvalue weighted by Crippen LogP contribution is 2.19. The summed E-state index contributed by atoms with van der Waals surface area (Å²) in [5.41, 5.74) is 11.4. The van der Waals surface area contributed by atoms with Gasteiger partial charge in [0.05, 0.1) is 0 Å². The lowest BCUT2D eigenvalue weighted by Crippen LogP contribution is -2.44. The molecule has 0 bridgehead atoms. The fourth-order valence-electron chi connectivity index (χ4n) is 1.94. The molecule has 1 atom stereocenters. The molecule has 0 aromatic carbocycles. The second-order valence-electron chi connectivity index (χ2n) is 3.94. The number of piperidine rings is 1. The van der Waals surface area contributed by atoms with E-state index in [0.717, 1.165) is 19.4 Å². The number of primary amides is 1. The van der Waals surface area contributed by atoms with Gasteiger partial charge in [0, 0.05) is 31.5 Å². The summed E-state index contributed by atoms with van der Waals surface area (Å²) in [6.45, 7) is 1.53. The standard InChI is InChI=1S/C10H15N5O/c11-7-2-1-5-15(6-7)10-8(9(12)16)13-3-4-14-10/h3-4,7H,1-2,5-6,11H2,(H2,12,16)/t7-/m1/s1. The van der Waals surface area contributed by atoms with Crippen molar-refractivity contribution in [3.8, 4) is 0 Å². The summed E-state index contributed by atoms with van der Waals surface area (Å²) in [6.07, 6.45) is 5.02. The first-order valence-corrected chi connectivity index (χ1v) is 5.30. The molecule has 0 aliphatic carbocycles. The second kappa shape index (κ2) is 4.44. The zero-order valence-corrected chi connectivity index (χ0v) is 8.97. The van der Waals surface area contributed by atoms with Crippen LogP contribution in [-0.4, -0.2) is 35.0 Å². The van der Waals surface area contributed by atoms with Crippen molar-refractivity contribution in [3.63, 3.8) is 0 Å². The SMILES string of the molecule is NC(=O)c1nccnc1N1CCC[C@@H](N)C1. The summed E-state index contributed by atoms with van der Waals surface area (Å²) in [7, 11) is 0. The Morgan fingerprint density at radius 3 is 2.88 bits per heavy atom. The van der Waals surface area contributed by atoms with Gasteiger partial charge in [-0.1, -0.05) is 0 Å². The molecule has 1 amide bonds. The van der Waals surface area contributed by atoms with Gasteiger partial charge < -0.3 is 16.4 Å². The monoisotopic (exact) mass is 221 g/mol. The molecule has 6 nitrogen and oxygen atoms in total. The first-order chi connectivity index (χ1) is 7.68. The summed E-state index contributed by atoms with van der Waals surface area (Å²) in [6, 6.07) is 0.122. The van der Waals surface area contributed by atoms with Crippen LogP contribution in [0.2, 0.25) is 0 Å². The summed E-state index contributed by atoms with van der Waals surface area (Å²) in [5, 5.41) is 0. The molecule has 16 heavy (non-hydrogen) atoms. The zero-order valence-electron chi connectivity index (χ0n) is 8.97. The van der Waals surface area contributed by atoms with E-state index >= 15 is 0 Å². The average molecular weight is 221 g/mol. The van der Waals surface area contributed by atoms with Crippen molar-refractivity contribution in [1.29, 1.82) is 0 Å². The van der Waals surface area contributed by atoms with Crippen LogP contribution in [0.25, 0.3) is 0 Å². The van der Waals surface area contributed by atoms with Gasteiger partial charge in [-0.3, -0.25) is 4.79 Å². The first kappa shape index (κ1) is 10.8. The maximum Gasteiger partial charge on any atom is 0.271 e. The fourth-order valence-corrected chi connectivity index (χ4v) is 1.94. The molecule has 4 N–H and O–H groups in total. The van der Waals surface area contributed by atoms with Crippen LogP contribution in [0.15, 0.2) is 12.4 Å². The summed E-state index contributed by atoms with van der Waals surface area (Å²) < 4.78 is 0. The Morgan fingerprint density at radius 2 is 2.19 bits per heavy atom. The molecule has 1 aromatic rings. The van der Waals surface area contributed by atoms with Crippen LogP contribution >= 0.6 is 0 Å². The fraction of sp³-hybridized carbons (Fsp3) is 0.500. The third kappa shape index (κ3) is 2.11. The molecular weight excluding hydrogens is 206 g/mol. The van der Waals surface area contributed by atoms with E-state index in [0.29, 0.717) is 12.4 Å². The Kier molecular flexibility index (Phi) is 3.00. The van der Waals surface area contributed by atoms with Gasteiger partial charge in [-0.25, -0.2) is 9.97 Å². The van der Waals surface area contributed by atoms with E-state index in [1.165, 1.54) is 6.20 Å². The van der Waals surface area contributed by atoms with E-state index in [4.69, 9.17) is 11.5 Å². The number of aromatic nitrogens is 2. The van der Waals surface area contributed by atoms with Gasteiger partial charge >= 0.3 is 0 Å². The number of hydrogen-bond acceptors (Lipinski definition) is 5. The highest BCUT2D eigenvalue weighted by atomic mass is 16.1.